The Balaban J connectivity index is 2.74. The van der Waals surface area contributed by atoms with Crippen molar-refractivity contribution in [2.24, 2.45) is 5.92 Å². The Morgan fingerprint density at radius 1 is 1.55 bits per heavy atom. The third-order valence-corrected chi connectivity index (χ3v) is 4.15. The fourth-order valence-electron chi connectivity index (χ4n) is 2.52. The number of methoxy groups -OCH3 is 1. The van der Waals surface area contributed by atoms with Crippen molar-refractivity contribution in [3.8, 4) is 0 Å². The van der Waals surface area contributed by atoms with Crippen molar-refractivity contribution in [3.63, 3.8) is 0 Å². The quantitative estimate of drug-likeness (QED) is 0.769. The van der Waals surface area contributed by atoms with Crippen LogP contribution in [0.15, 0.2) is 0 Å². The lowest BCUT2D eigenvalue weighted by Gasteiger charge is -2.45. The van der Waals surface area contributed by atoms with E-state index in [0.29, 0.717) is 12.8 Å². The Bertz CT molecular complexity index is 334. The van der Waals surface area contributed by atoms with E-state index in [1.807, 2.05) is 6.92 Å². The highest BCUT2D eigenvalue weighted by molar-refractivity contribution is 5.70. The van der Waals surface area contributed by atoms with Gasteiger partial charge in [0.25, 0.3) is 0 Å². The molecule has 0 aromatic carbocycles. The van der Waals surface area contributed by atoms with E-state index in [9.17, 15) is 9.90 Å². The largest absolute Gasteiger partial charge is 0.481 e. The SMILES string of the molecule is CC[C@H](O[C@H]1C[C@@](C)(OC)[C@@H](O)[C@H](C)O1)[C@@H](C)C(=O)O. The fraction of sp³-hybridized carbons (Fsp3) is 0.929. The van der Waals surface area contributed by atoms with Crippen molar-refractivity contribution in [2.75, 3.05) is 7.11 Å². The third-order valence-electron chi connectivity index (χ3n) is 4.15. The zero-order chi connectivity index (χ0) is 15.5. The minimum absolute atomic E-state index is 0.359. The summed E-state index contributed by atoms with van der Waals surface area (Å²) < 4.78 is 16.8. The fourth-order valence-corrected chi connectivity index (χ4v) is 2.52. The monoisotopic (exact) mass is 290 g/mol. The summed E-state index contributed by atoms with van der Waals surface area (Å²) in [5, 5.41) is 19.2. The Morgan fingerprint density at radius 3 is 2.60 bits per heavy atom. The van der Waals surface area contributed by atoms with E-state index in [1.54, 1.807) is 20.8 Å². The predicted molar refractivity (Wildman–Crippen MR) is 72.3 cm³/mol. The molecular weight excluding hydrogens is 264 g/mol. The summed E-state index contributed by atoms with van der Waals surface area (Å²) in [7, 11) is 1.54. The summed E-state index contributed by atoms with van der Waals surface area (Å²) in [6, 6.07) is 0. The summed E-state index contributed by atoms with van der Waals surface area (Å²) in [5.41, 5.74) is -0.757. The third kappa shape index (κ3) is 3.69. The van der Waals surface area contributed by atoms with Crippen molar-refractivity contribution in [1.82, 2.24) is 0 Å². The number of aliphatic hydroxyl groups excluding tert-OH is 1. The zero-order valence-corrected chi connectivity index (χ0v) is 12.8. The van der Waals surface area contributed by atoms with Crippen LogP contribution >= 0.6 is 0 Å². The number of ether oxygens (including phenoxy) is 3. The molecule has 0 amide bonds. The van der Waals surface area contributed by atoms with E-state index in [1.165, 1.54) is 7.11 Å². The highest BCUT2D eigenvalue weighted by Gasteiger charge is 2.46. The minimum atomic E-state index is -0.893. The highest BCUT2D eigenvalue weighted by Crippen LogP contribution is 2.33. The molecule has 0 radical (unpaired) electrons. The van der Waals surface area contributed by atoms with Gasteiger partial charge in [0.05, 0.1) is 23.7 Å². The first kappa shape index (κ1) is 17.4. The molecule has 1 fully saturated rings. The molecule has 118 valence electrons. The molecule has 0 bridgehead atoms. The van der Waals surface area contributed by atoms with Gasteiger partial charge in [-0.25, -0.2) is 0 Å². The first-order valence-corrected chi connectivity index (χ1v) is 7.02. The number of carboxylic acid groups (broad SMARTS) is 1. The van der Waals surface area contributed by atoms with Crippen LogP contribution < -0.4 is 0 Å². The average Bonchev–Trinajstić information content (AvgIpc) is 2.41. The summed E-state index contributed by atoms with van der Waals surface area (Å²) in [5.74, 6) is -1.50. The lowest BCUT2D eigenvalue weighted by molar-refractivity contribution is -0.291. The summed E-state index contributed by atoms with van der Waals surface area (Å²) >= 11 is 0. The van der Waals surface area contributed by atoms with Gasteiger partial charge in [-0.2, -0.15) is 0 Å². The second-order valence-electron chi connectivity index (χ2n) is 5.65. The standard InChI is InChI=1S/C14H26O6/c1-6-10(8(2)13(16)17)20-11-7-14(4,18-5)12(15)9(3)19-11/h8-12,15H,6-7H2,1-5H3,(H,16,17)/t8-,9+,10+,11+,12+,14-/m1/s1. The van der Waals surface area contributed by atoms with Gasteiger partial charge >= 0.3 is 5.97 Å². The zero-order valence-electron chi connectivity index (χ0n) is 12.8. The molecule has 20 heavy (non-hydrogen) atoms. The van der Waals surface area contributed by atoms with Crippen LogP contribution in [0, 0.1) is 5.92 Å². The molecule has 2 N–H and O–H groups in total. The maximum absolute atomic E-state index is 11.1. The number of hydrogen-bond donors (Lipinski definition) is 2. The number of carboxylic acids is 1. The summed E-state index contributed by atoms with van der Waals surface area (Å²) in [4.78, 5) is 11.1. The molecule has 1 aliphatic heterocycles. The van der Waals surface area contributed by atoms with Gasteiger partial charge in [0.1, 0.15) is 6.10 Å². The van der Waals surface area contributed by atoms with Crippen molar-refractivity contribution < 1.29 is 29.2 Å². The van der Waals surface area contributed by atoms with Crippen LogP contribution in [0.1, 0.15) is 40.5 Å². The molecule has 1 saturated heterocycles. The molecule has 0 unspecified atom stereocenters. The van der Waals surface area contributed by atoms with Crippen LogP contribution in [0.5, 0.6) is 0 Å². The molecule has 0 aliphatic carbocycles. The maximum Gasteiger partial charge on any atom is 0.308 e. The van der Waals surface area contributed by atoms with E-state index in [-0.39, 0.29) is 0 Å². The predicted octanol–water partition coefficient (Wildman–Crippen LogP) is 1.40. The van der Waals surface area contributed by atoms with Gasteiger partial charge in [0.15, 0.2) is 6.29 Å². The van der Waals surface area contributed by atoms with E-state index in [2.05, 4.69) is 0 Å². The molecule has 6 atom stereocenters. The Kier molecular flexibility index (Phi) is 5.94. The Labute approximate surface area is 120 Å². The number of carbonyl (C=O) groups is 1. The summed E-state index contributed by atoms with van der Waals surface area (Å²) in [6.45, 7) is 7.04. The molecule has 1 aliphatic rings. The number of aliphatic carboxylic acids is 1. The highest BCUT2D eigenvalue weighted by atomic mass is 16.7. The molecule has 0 aromatic heterocycles. The first-order valence-electron chi connectivity index (χ1n) is 7.02. The first-order chi connectivity index (χ1) is 9.25. The molecule has 0 aromatic rings. The van der Waals surface area contributed by atoms with E-state index >= 15 is 0 Å². The van der Waals surface area contributed by atoms with Crippen molar-refractivity contribution in [1.29, 1.82) is 0 Å². The molecule has 6 heteroatoms. The van der Waals surface area contributed by atoms with E-state index < -0.39 is 42.1 Å². The van der Waals surface area contributed by atoms with Crippen LogP contribution in [-0.2, 0) is 19.0 Å². The average molecular weight is 290 g/mol. The van der Waals surface area contributed by atoms with Crippen LogP contribution in [-0.4, -0.2) is 53.5 Å². The van der Waals surface area contributed by atoms with Crippen LogP contribution in [0.2, 0.25) is 0 Å². The van der Waals surface area contributed by atoms with Crippen LogP contribution in [0.4, 0.5) is 0 Å². The number of aliphatic hydroxyl groups is 1. The molecular formula is C14H26O6. The van der Waals surface area contributed by atoms with Gasteiger partial charge in [0.2, 0.25) is 0 Å². The van der Waals surface area contributed by atoms with Crippen molar-refractivity contribution in [3.05, 3.63) is 0 Å². The van der Waals surface area contributed by atoms with Crippen LogP contribution in [0.25, 0.3) is 0 Å². The van der Waals surface area contributed by atoms with Gasteiger partial charge < -0.3 is 24.4 Å². The molecule has 6 nitrogen and oxygen atoms in total. The lowest BCUT2D eigenvalue weighted by atomic mass is 9.88. The van der Waals surface area contributed by atoms with Gasteiger partial charge in [0, 0.05) is 13.5 Å². The second-order valence-corrected chi connectivity index (χ2v) is 5.65. The van der Waals surface area contributed by atoms with Crippen molar-refractivity contribution in [2.45, 2.75) is 70.7 Å². The van der Waals surface area contributed by atoms with Gasteiger partial charge in [-0.15, -0.1) is 0 Å². The van der Waals surface area contributed by atoms with Gasteiger partial charge in [-0.1, -0.05) is 6.92 Å². The molecule has 0 saturated carbocycles. The maximum atomic E-state index is 11.1. The second kappa shape index (κ2) is 6.85. The lowest BCUT2D eigenvalue weighted by Crippen LogP contribution is -2.56. The topological polar surface area (TPSA) is 85.2 Å². The number of rotatable bonds is 6. The van der Waals surface area contributed by atoms with Gasteiger partial charge in [-0.05, 0) is 27.2 Å². The number of hydrogen-bond acceptors (Lipinski definition) is 5. The van der Waals surface area contributed by atoms with E-state index in [0.717, 1.165) is 0 Å². The summed E-state index contributed by atoms with van der Waals surface area (Å²) in [6.07, 6.45) is -1.25. The van der Waals surface area contributed by atoms with E-state index in [4.69, 9.17) is 19.3 Å². The van der Waals surface area contributed by atoms with Crippen molar-refractivity contribution >= 4 is 5.97 Å². The molecule has 1 rings (SSSR count). The minimum Gasteiger partial charge on any atom is -0.481 e. The Hall–Kier alpha value is -0.690. The molecule has 0 spiro atoms. The molecule has 1 heterocycles. The van der Waals surface area contributed by atoms with Gasteiger partial charge in [-0.3, -0.25) is 4.79 Å². The van der Waals surface area contributed by atoms with Crippen LogP contribution in [0.3, 0.4) is 0 Å². The normalized spacial score (nSPS) is 37.4. The smallest absolute Gasteiger partial charge is 0.308 e. The Morgan fingerprint density at radius 2 is 2.15 bits per heavy atom.